The number of esters is 1. The standard InChI is InChI=1S/C10H8F5NO4/c1-19-7(18)2-4-8(9(11)12)5(3-6(17)16-4)20-10(13,14)15/h3,9H,2H2,1H3,(H,16,17). The molecule has 0 saturated heterocycles. The van der Waals surface area contributed by atoms with E-state index >= 15 is 0 Å². The molecule has 0 aliphatic heterocycles. The first-order valence-electron chi connectivity index (χ1n) is 5.01. The largest absolute Gasteiger partial charge is 0.573 e. The highest BCUT2D eigenvalue weighted by molar-refractivity contribution is 5.72. The molecule has 0 saturated carbocycles. The molecular formula is C10H8F5NO4. The van der Waals surface area contributed by atoms with Gasteiger partial charge in [-0.1, -0.05) is 0 Å². The van der Waals surface area contributed by atoms with Gasteiger partial charge < -0.3 is 14.5 Å². The molecule has 0 aliphatic carbocycles. The fraction of sp³-hybridized carbons (Fsp3) is 0.400. The average molecular weight is 301 g/mol. The Hall–Kier alpha value is -2.13. The van der Waals surface area contributed by atoms with Crippen molar-refractivity contribution in [2.45, 2.75) is 19.2 Å². The number of halogens is 5. The topological polar surface area (TPSA) is 68.4 Å². The molecule has 0 aromatic carbocycles. The lowest BCUT2D eigenvalue weighted by Gasteiger charge is -2.15. The number of carbonyl (C=O) groups is 1. The molecule has 1 aromatic rings. The maximum absolute atomic E-state index is 12.8. The van der Waals surface area contributed by atoms with Crippen molar-refractivity contribution in [3.8, 4) is 5.75 Å². The fourth-order valence-corrected chi connectivity index (χ4v) is 1.40. The van der Waals surface area contributed by atoms with Crippen LogP contribution in [-0.2, 0) is 16.0 Å². The van der Waals surface area contributed by atoms with E-state index in [1.807, 2.05) is 4.98 Å². The zero-order valence-corrected chi connectivity index (χ0v) is 9.88. The van der Waals surface area contributed by atoms with Gasteiger partial charge >= 0.3 is 12.3 Å². The van der Waals surface area contributed by atoms with Crippen LogP contribution in [0.2, 0.25) is 0 Å². The van der Waals surface area contributed by atoms with Crippen LogP contribution in [0.5, 0.6) is 5.75 Å². The Balaban J connectivity index is 3.36. The van der Waals surface area contributed by atoms with Gasteiger partial charge in [0.05, 0.1) is 19.1 Å². The van der Waals surface area contributed by atoms with Crippen molar-refractivity contribution in [2.24, 2.45) is 0 Å². The van der Waals surface area contributed by atoms with E-state index in [9.17, 15) is 31.5 Å². The predicted octanol–water partition coefficient (Wildman–Crippen LogP) is 1.93. The summed E-state index contributed by atoms with van der Waals surface area (Å²) in [6, 6.07) is 0.232. The van der Waals surface area contributed by atoms with Crippen LogP contribution in [0.4, 0.5) is 22.0 Å². The molecule has 1 aromatic heterocycles. The first-order valence-corrected chi connectivity index (χ1v) is 5.01. The highest BCUT2D eigenvalue weighted by Gasteiger charge is 2.34. The summed E-state index contributed by atoms with van der Waals surface area (Å²) in [6.07, 6.45) is -9.45. The lowest BCUT2D eigenvalue weighted by atomic mass is 10.1. The molecule has 1 N–H and O–H groups in total. The number of pyridine rings is 1. The Labute approximate surface area is 108 Å². The van der Waals surface area contributed by atoms with Crippen LogP contribution in [0.25, 0.3) is 0 Å². The second-order valence-electron chi connectivity index (χ2n) is 3.49. The first kappa shape index (κ1) is 15.9. The molecule has 10 heteroatoms. The second kappa shape index (κ2) is 5.88. The van der Waals surface area contributed by atoms with Crippen LogP contribution in [0.15, 0.2) is 10.9 Å². The Kier molecular flexibility index (Phi) is 4.69. The van der Waals surface area contributed by atoms with Crippen LogP contribution in [0, 0.1) is 0 Å². The van der Waals surface area contributed by atoms with Gasteiger partial charge in [-0.15, -0.1) is 13.2 Å². The average Bonchev–Trinajstić information content (AvgIpc) is 2.24. The minimum absolute atomic E-state index is 0.232. The third-order valence-electron chi connectivity index (χ3n) is 2.12. The number of rotatable bonds is 4. The third-order valence-corrected chi connectivity index (χ3v) is 2.12. The van der Waals surface area contributed by atoms with Crippen molar-refractivity contribution in [1.82, 2.24) is 4.98 Å². The molecule has 0 radical (unpaired) electrons. The number of ether oxygens (including phenoxy) is 2. The molecule has 20 heavy (non-hydrogen) atoms. The van der Waals surface area contributed by atoms with E-state index < -0.39 is 47.7 Å². The van der Waals surface area contributed by atoms with Crippen molar-refractivity contribution in [2.75, 3.05) is 7.11 Å². The van der Waals surface area contributed by atoms with E-state index in [2.05, 4.69) is 9.47 Å². The lowest BCUT2D eigenvalue weighted by Crippen LogP contribution is -2.22. The van der Waals surface area contributed by atoms with Gasteiger partial charge in [-0.25, -0.2) is 8.78 Å². The Morgan fingerprint density at radius 2 is 2.00 bits per heavy atom. The summed E-state index contributed by atoms with van der Waals surface area (Å²) in [5, 5.41) is 0. The Bertz CT molecular complexity index is 552. The number of nitrogens with one attached hydrogen (secondary N) is 1. The molecule has 0 amide bonds. The summed E-state index contributed by atoms with van der Waals surface area (Å²) in [6.45, 7) is 0. The van der Waals surface area contributed by atoms with Gasteiger partial charge in [0.2, 0.25) is 0 Å². The van der Waals surface area contributed by atoms with Gasteiger partial charge in [-0.3, -0.25) is 9.59 Å². The van der Waals surface area contributed by atoms with Crippen LogP contribution in [-0.4, -0.2) is 24.4 Å². The summed E-state index contributed by atoms with van der Waals surface area (Å²) in [5.74, 6) is -2.36. The molecule has 112 valence electrons. The predicted molar refractivity (Wildman–Crippen MR) is 54.4 cm³/mol. The maximum atomic E-state index is 12.8. The Morgan fingerprint density at radius 1 is 1.40 bits per heavy atom. The van der Waals surface area contributed by atoms with E-state index in [1.165, 1.54) is 0 Å². The number of aromatic nitrogens is 1. The second-order valence-corrected chi connectivity index (χ2v) is 3.49. The lowest BCUT2D eigenvalue weighted by molar-refractivity contribution is -0.275. The summed E-state index contributed by atoms with van der Waals surface area (Å²) in [4.78, 5) is 24.0. The highest BCUT2D eigenvalue weighted by atomic mass is 19.4. The molecule has 0 aliphatic rings. The molecule has 5 nitrogen and oxygen atoms in total. The zero-order chi connectivity index (χ0) is 15.5. The summed E-state index contributed by atoms with van der Waals surface area (Å²) < 4.78 is 69.6. The summed E-state index contributed by atoms with van der Waals surface area (Å²) >= 11 is 0. The molecule has 0 unspecified atom stereocenters. The minimum Gasteiger partial charge on any atom is -0.469 e. The molecule has 0 fully saturated rings. The smallest absolute Gasteiger partial charge is 0.469 e. The molecule has 0 bridgehead atoms. The molecule has 1 rings (SSSR count). The van der Waals surface area contributed by atoms with Gasteiger partial charge in [0, 0.05) is 11.8 Å². The van der Waals surface area contributed by atoms with Crippen molar-refractivity contribution in [1.29, 1.82) is 0 Å². The van der Waals surface area contributed by atoms with Crippen molar-refractivity contribution < 1.29 is 36.2 Å². The number of hydrogen-bond acceptors (Lipinski definition) is 4. The molecule has 1 heterocycles. The molecule has 0 spiro atoms. The van der Waals surface area contributed by atoms with Crippen LogP contribution >= 0.6 is 0 Å². The van der Waals surface area contributed by atoms with E-state index in [-0.39, 0.29) is 6.07 Å². The minimum atomic E-state index is -5.25. The van der Waals surface area contributed by atoms with Crippen LogP contribution in [0.3, 0.4) is 0 Å². The van der Waals surface area contributed by atoms with Gasteiger partial charge in [0.15, 0.2) is 0 Å². The van der Waals surface area contributed by atoms with Gasteiger partial charge in [0.25, 0.3) is 12.0 Å². The van der Waals surface area contributed by atoms with E-state index in [4.69, 9.17) is 0 Å². The van der Waals surface area contributed by atoms with Crippen LogP contribution in [0.1, 0.15) is 17.7 Å². The normalized spacial score (nSPS) is 11.6. The van der Waals surface area contributed by atoms with Gasteiger partial charge in [-0.05, 0) is 0 Å². The Morgan fingerprint density at radius 3 is 2.45 bits per heavy atom. The first-order chi connectivity index (χ1) is 9.14. The van der Waals surface area contributed by atoms with Crippen molar-refractivity contribution in [3.63, 3.8) is 0 Å². The zero-order valence-electron chi connectivity index (χ0n) is 9.88. The monoisotopic (exact) mass is 301 g/mol. The summed E-state index contributed by atoms with van der Waals surface area (Å²) in [7, 11) is 0.957. The number of methoxy groups -OCH3 is 1. The van der Waals surface area contributed by atoms with Crippen molar-refractivity contribution >= 4 is 5.97 Å². The molecular weight excluding hydrogens is 293 g/mol. The van der Waals surface area contributed by atoms with Gasteiger partial charge in [0.1, 0.15) is 5.75 Å². The maximum Gasteiger partial charge on any atom is 0.573 e. The van der Waals surface area contributed by atoms with E-state index in [1.54, 1.807) is 0 Å². The number of H-pyrrole nitrogens is 1. The number of alkyl halides is 5. The van der Waals surface area contributed by atoms with Gasteiger partial charge in [-0.2, -0.15) is 0 Å². The van der Waals surface area contributed by atoms with E-state index in [0.717, 1.165) is 7.11 Å². The fourth-order valence-electron chi connectivity index (χ4n) is 1.40. The quantitative estimate of drug-likeness (QED) is 0.681. The molecule has 0 atom stereocenters. The summed E-state index contributed by atoms with van der Waals surface area (Å²) in [5.41, 5.74) is -3.03. The van der Waals surface area contributed by atoms with Crippen molar-refractivity contribution in [3.05, 3.63) is 27.7 Å². The SMILES string of the molecule is COC(=O)Cc1[nH]c(=O)cc(OC(F)(F)F)c1C(F)F. The number of hydrogen-bond donors (Lipinski definition) is 1. The third kappa shape index (κ3) is 4.21. The van der Waals surface area contributed by atoms with E-state index in [0.29, 0.717) is 0 Å². The highest BCUT2D eigenvalue weighted by Crippen LogP contribution is 2.33. The van der Waals surface area contributed by atoms with Crippen LogP contribution < -0.4 is 10.3 Å². The number of carbonyl (C=O) groups excluding carboxylic acids is 1. The number of aromatic amines is 1.